The number of carbonyl (C=O) groups excluding carboxylic acids is 1. The van der Waals surface area contributed by atoms with Gasteiger partial charge in [0.15, 0.2) is 0 Å². The van der Waals surface area contributed by atoms with E-state index in [9.17, 15) is 9.59 Å². The average molecular weight is 308 g/mol. The molecule has 1 amide bonds. The maximum Gasteiger partial charge on any atom is 0.328 e. The van der Waals surface area contributed by atoms with Gasteiger partial charge in [-0.05, 0) is 30.0 Å². The Bertz CT molecular complexity index is 632. The van der Waals surface area contributed by atoms with Crippen molar-refractivity contribution in [2.75, 3.05) is 0 Å². The van der Waals surface area contributed by atoms with Crippen LogP contribution in [0.15, 0.2) is 29.1 Å². The second-order valence-corrected chi connectivity index (χ2v) is 5.78. The molecule has 0 saturated heterocycles. The van der Waals surface area contributed by atoms with Crippen molar-refractivity contribution < 1.29 is 14.7 Å². The summed E-state index contributed by atoms with van der Waals surface area (Å²) in [5.74, 6) is -1.27. The summed E-state index contributed by atoms with van der Waals surface area (Å²) in [6.07, 6.45) is 4.12. The number of thiophene rings is 1. The molecule has 0 aromatic carbocycles. The molecule has 1 atom stereocenters. The summed E-state index contributed by atoms with van der Waals surface area (Å²) in [6, 6.07) is 1.54. The molecule has 2 aromatic rings. The van der Waals surface area contributed by atoms with Crippen molar-refractivity contribution in [3.05, 3.63) is 44.5 Å². The zero-order valence-electron chi connectivity index (χ0n) is 10.6. The van der Waals surface area contributed by atoms with E-state index in [0.29, 0.717) is 10.4 Å². The number of carboxylic acid groups (broad SMARTS) is 1. The number of carboxylic acids is 1. The molecule has 0 aliphatic rings. The summed E-state index contributed by atoms with van der Waals surface area (Å²) in [5, 5.41) is 15.9. The zero-order chi connectivity index (χ0) is 14.5. The number of hydrogen-bond acceptors (Lipinski definition) is 5. The first-order chi connectivity index (χ1) is 9.58. The van der Waals surface area contributed by atoms with E-state index in [1.165, 1.54) is 28.7 Å². The quantitative estimate of drug-likeness (QED) is 0.832. The summed E-state index contributed by atoms with van der Waals surface area (Å²) in [7, 11) is 0. The SMILES string of the molecule is CC(NC(=O)c1sccc1C=CC(=O)O)c1nccs1. The molecule has 0 fully saturated rings. The number of carbonyl (C=O) groups is 2. The predicted molar refractivity (Wildman–Crippen MR) is 79.0 cm³/mol. The molecule has 1 unspecified atom stereocenters. The summed E-state index contributed by atoms with van der Waals surface area (Å²) < 4.78 is 0. The number of hydrogen-bond donors (Lipinski definition) is 2. The smallest absolute Gasteiger partial charge is 0.328 e. The molecule has 104 valence electrons. The van der Waals surface area contributed by atoms with Crippen LogP contribution in [0.2, 0.25) is 0 Å². The Morgan fingerprint density at radius 3 is 2.85 bits per heavy atom. The van der Waals surface area contributed by atoms with Gasteiger partial charge in [-0.2, -0.15) is 0 Å². The topological polar surface area (TPSA) is 79.3 Å². The third kappa shape index (κ3) is 3.52. The Kier molecular flexibility index (Phi) is 4.65. The minimum Gasteiger partial charge on any atom is -0.478 e. The van der Waals surface area contributed by atoms with Crippen LogP contribution < -0.4 is 5.32 Å². The Hall–Kier alpha value is -1.99. The molecule has 2 aromatic heterocycles. The van der Waals surface area contributed by atoms with Gasteiger partial charge in [0.05, 0.1) is 10.9 Å². The number of nitrogens with one attached hydrogen (secondary N) is 1. The molecule has 2 N–H and O–H groups in total. The van der Waals surface area contributed by atoms with Crippen molar-refractivity contribution in [2.24, 2.45) is 0 Å². The van der Waals surface area contributed by atoms with Crippen LogP contribution in [0, 0.1) is 0 Å². The van der Waals surface area contributed by atoms with Gasteiger partial charge in [-0.3, -0.25) is 4.79 Å². The third-order valence-corrected chi connectivity index (χ3v) is 4.36. The Morgan fingerprint density at radius 1 is 1.40 bits per heavy atom. The van der Waals surface area contributed by atoms with Gasteiger partial charge in [0.2, 0.25) is 0 Å². The first kappa shape index (κ1) is 14.4. The van der Waals surface area contributed by atoms with Crippen LogP contribution >= 0.6 is 22.7 Å². The van der Waals surface area contributed by atoms with Gasteiger partial charge in [-0.1, -0.05) is 0 Å². The lowest BCUT2D eigenvalue weighted by Gasteiger charge is -2.10. The van der Waals surface area contributed by atoms with E-state index in [1.54, 1.807) is 17.6 Å². The Labute approximate surface area is 123 Å². The number of nitrogens with zero attached hydrogens (tertiary/aromatic N) is 1. The highest BCUT2D eigenvalue weighted by Gasteiger charge is 2.16. The average Bonchev–Trinajstić information content (AvgIpc) is 3.07. The van der Waals surface area contributed by atoms with Crippen LogP contribution in [0.4, 0.5) is 0 Å². The number of aliphatic carboxylic acids is 1. The molecule has 0 aliphatic heterocycles. The van der Waals surface area contributed by atoms with Gasteiger partial charge in [0.25, 0.3) is 5.91 Å². The molecule has 0 aliphatic carbocycles. The van der Waals surface area contributed by atoms with E-state index in [2.05, 4.69) is 10.3 Å². The van der Waals surface area contributed by atoms with Crippen LogP contribution in [0.1, 0.15) is 33.2 Å². The molecule has 0 radical (unpaired) electrons. The van der Waals surface area contributed by atoms with Crippen molar-refractivity contribution in [1.82, 2.24) is 10.3 Å². The fraction of sp³-hybridized carbons (Fsp3) is 0.154. The minimum absolute atomic E-state index is 0.180. The molecule has 2 rings (SSSR count). The maximum atomic E-state index is 12.2. The molecule has 0 spiro atoms. The monoisotopic (exact) mass is 308 g/mol. The number of rotatable bonds is 5. The highest BCUT2D eigenvalue weighted by molar-refractivity contribution is 7.12. The van der Waals surface area contributed by atoms with Gasteiger partial charge < -0.3 is 10.4 Å². The predicted octanol–water partition coefficient (Wildman–Crippen LogP) is 2.79. The number of thiazole rings is 1. The number of amides is 1. The summed E-state index contributed by atoms with van der Waals surface area (Å²) in [5.41, 5.74) is 0.598. The van der Waals surface area contributed by atoms with Gasteiger partial charge in [0.1, 0.15) is 5.01 Å². The van der Waals surface area contributed by atoms with Crippen molar-refractivity contribution >= 4 is 40.6 Å². The standard InChI is InChI=1S/C13H12N2O3S2/c1-8(13-14-5-7-20-13)15-12(18)11-9(4-6-19-11)2-3-10(16)17/h2-8H,1H3,(H,15,18)(H,16,17). The summed E-state index contributed by atoms with van der Waals surface area (Å²) in [4.78, 5) is 27.3. The van der Waals surface area contributed by atoms with Gasteiger partial charge >= 0.3 is 5.97 Å². The number of aromatic nitrogens is 1. The van der Waals surface area contributed by atoms with Crippen LogP contribution in [-0.4, -0.2) is 22.0 Å². The van der Waals surface area contributed by atoms with E-state index >= 15 is 0 Å². The van der Waals surface area contributed by atoms with E-state index in [4.69, 9.17) is 5.11 Å². The van der Waals surface area contributed by atoms with Crippen LogP contribution in [-0.2, 0) is 4.79 Å². The molecule has 2 heterocycles. The molecule has 20 heavy (non-hydrogen) atoms. The van der Waals surface area contributed by atoms with E-state index in [-0.39, 0.29) is 11.9 Å². The normalized spacial score (nSPS) is 12.4. The van der Waals surface area contributed by atoms with Gasteiger partial charge in [-0.25, -0.2) is 9.78 Å². The maximum absolute atomic E-state index is 12.2. The molecule has 5 nitrogen and oxygen atoms in total. The lowest BCUT2D eigenvalue weighted by atomic mass is 10.2. The van der Waals surface area contributed by atoms with Crippen molar-refractivity contribution in [3.63, 3.8) is 0 Å². The summed E-state index contributed by atoms with van der Waals surface area (Å²) in [6.45, 7) is 1.86. The van der Waals surface area contributed by atoms with E-state index < -0.39 is 5.97 Å². The van der Waals surface area contributed by atoms with Crippen molar-refractivity contribution in [1.29, 1.82) is 0 Å². The lowest BCUT2D eigenvalue weighted by molar-refractivity contribution is -0.131. The van der Waals surface area contributed by atoms with Gasteiger partial charge in [0, 0.05) is 17.7 Å². The fourth-order valence-corrected chi connectivity index (χ4v) is 3.00. The Morgan fingerprint density at radius 2 is 2.20 bits per heavy atom. The van der Waals surface area contributed by atoms with Crippen LogP contribution in [0.5, 0.6) is 0 Å². The van der Waals surface area contributed by atoms with E-state index in [0.717, 1.165) is 11.1 Å². The highest BCUT2D eigenvalue weighted by atomic mass is 32.1. The molecular formula is C13H12N2O3S2. The second kappa shape index (κ2) is 6.44. The van der Waals surface area contributed by atoms with Crippen LogP contribution in [0.3, 0.4) is 0 Å². The fourth-order valence-electron chi connectivity index (χ4n) is 1.57. The molecule has 0 bridgehead atoms. The van der Waals surface area contributed by atoms with Crippen LogP contribution in [0.25, 0.3) is 6.08 Å². The first-order valence-electron chi connectivity index (χ1n) is 5.76. The lowest BCUT2D eigenvalue weighted by Crippen LogP contribution is -2.26. The Balaban J connectivity index is 2.10. The first-order valence-corrected chi connectivity index (χ1v) is 7.52. The molecular weight excluding hydrogens is 296 g/mol. The highest BCUT2D eigenvalue weighted by Crippen LogP contribution is 2.21. The largest absolute Gasteiger partial charge is 0.478 e. The third-order valence-electron chi connectivity index (χ3n) is 2.48. The zero-order valence-corrected chi connectivity index (χ0v) is 12.2. The van der Waals surface area contributed by atoms with Crippen molar-refractivity contribution in [3.8, 4) is 0 Å². The van der Waals surface area contributed by atoms with Gasteiger partial charge in [-0.15, -0.1) is 22.7 Å². The minimum atomic E-state index is -1.04. The van der Waals surface area contributed by atoms with Crippen molar-refractivity contribution in [2.45, 2.75) is 13.0 Å². The molecule has 0 saturated carbocycles. The molecule has 7 heteroatoms. The summed E-state index contributed by atoms with van der Waals surface area (Å²) >= 11 is 2.75. The van der Waals surface area contributed by atoms with E-state index in [1.807, 2.05) is 12.3 Å². The second-order valence-electron chi connectivity index (χ2n) is 3.94.